The third-order valence-electron chi connectivity index (χ3n) is 5.83. The normalized spacial score (nSPS) is 10.6. The van der Waals surface area contributed by atoms with Crippen LogP contribution in [0.5, 0.6) is 5.75 Å². The highest BCUT2D eigenvalue weighted by atomic mass is 35.5. The summed E-state index contributed by atoms with van der Waals surface area (Å²) in [4.78, 5) is 24.5. The average molecular weight is 558 g/mol. The maximum atomic E-state index is 12.5. The number of aromatic amines is 1. The summed E-state index contributed by atoms with van der Waals surface area (Å²) < 4.78 is 5.07. The predicted molar refractivity (Wildman–Crippen MR) is 152 cm³/mol. The molecule has 0 fully saturated rings. The molecule has 6 N–H and O–H groups in total. The van der Waals surface area contributed by atoms with Crippen molar-refractivity contribution in [3.05, 3.63) is 107 Å². The third kappa shape index (κ3) is 6.97. The number of carbonyl (C=O) groups excluding carboxylic acids is 2. The van der Waals surface area contributed by atoms with Crippen LogP contribution in [0.15, 0.2) is 84.9 Å². The van der Waals surface area contributed by atoms with Crippen molar-refractivity contribution in [1.29, 1.82) is 0 Å². The number of urea groups is 1. The number of amides is 3. The van der Waals surface area contributed by atoms with Crippen LogP contribution in [0.25, 0.3) is 11.0 Å². The predicted octanol–water partition coefficient (Wildman–Crippen LogP) is 5.81. The van der Waals surface area contributed by atoms with Crippen LogP contribution in [0.4, 0.5) is 26.7 Å². The molecule has 0 spiro atoms. The van der Waals surface area contributed by atoms with Crippen molar-refractivity contribution in [2.45, 2.75) is 13.0 Å². The van der Waals surface area contributed by atoms with Crippen molar-refractivity contribution in [1.82, 2.24) is 20.8 Å². The summed E-state index contributed by atoms with van der Waals surface area (Å²) in [6.45, 7) is -0.153. The zero-order valence-corrected chi connectivity index (χ0v) is 21.7. The van der Waals surface area contributed by atoms with Gasteiger partial charge in [0.05, 0.1) is 5.69 Å². The minimum atomic E-state index is -0.748. The fourth-order valence-electron chi connectivity index (χ4n) is 3.89. The highest BCUT2D eigenvalue weighted by molar-refractivity contribution is 6.30. The number of ether oxygens (including phenoxy) is 1. The van der Waals surface area contributed by atoms with Gasteiger partial charge in [-0.3, -0.25) is 5.43 Å². The molecule has 0 bridgehead atoms. The molecular weight excluding hydrogens is 534 g/mol. The number of nitrogens with one attached hydrogen (secondary N) is 5. The minimum Gasteiger partial charge on any atom is -0.508 e. The van der Waals surface area contributed by atoms with Gasteiger partial charge in [0, 0.05) is 22.0 Å². The van der Waals surface area contributed by atoms with E-state index in [0.29, 0.717) is 34.1 Å². The number of fused-ring (bicyclic) bond motifs is 1. The molecule has 4 aromatic carbocycles. The van der Waals surface area contributed by atoms with Gasteiger partial charge < -0.3 is 20.5 Å². The lowest BCUT2D eigenvalue weighted by atomic mass is 10.0. The number of hydrazine groups is 1. The van der Waals surface area contributed by atoms with Gasteiger partial charge in [-0.25, -0.2) is 15.0 Å². The van der Waals surface area contributed by atoms with Gasteiger partial charge >= 0.3 is 12.1 Å². The van der Waals surface area contributed by atoms with Crippen LogP contribution < -0.4 is 21.5 Å². The molecule has 0 saturated carbocycles. The first-order chi connectivity index (χ1) is 19.4. The molecule has 0 unspecified atom stereocenters. The molecule has 0 radical (unpaired) electrons. The topological polar surface area (TPSA) is 153 Å². The van der Waals surface area contributed by atoms with Gasteiger partial charge in [-0.15, -0.1) is 0 Å². The maximum absolute atomic E-state index is 12.5. The molecule has 11 nitrogen and oxygen atoms in total. The summed E-state index contributed by atoms with van der Waals surface area (Å²) in [6.07, 6.45) is -0.0686. The maximum Gasteiger partial charge on any atom is 0.426 e. The zero-order valence-electron chi connectivity index (χ0n) is 20.9. The number of rotatable bonds is 8. The Kier molecular flexibility index (Phi) is 7.93. The monoisotopic (exact) mass is 557 g/mol. The van der Waals surface area contributed by atoms with Crippen LogP contribution in [0.3, 0.4) is 0 Å². The quantitative estimate of drug-likeness (QED) is 0.132. The van der Waals surface area contributed by atoms with E-state index in [0.717, 1.165) is 22.2 Å². The molecule has 1 aromatic heterocycles. The van der Waals surface area contributed by atoms with E-state index in [9.17, 15) is 14.7 Å². The van der Waals surface area contributed by atoms with Crippen LogP contribution in [-0.4, -0.2) is 32.6 Å². The van der Waals surface area contributed by atoms with Crippen molar-refractivity contribution in [2.75, 3.05) is 16.1 Å². The molecule has 40 heavy (non-hydrogen) atoms. The number of hydrogen-bond acceptors (Lipinski definition) is 7. The molecule has 0 aliphatic rings. The van der Waals surface area contributed by atoms with E-state index in [1.807, 2.05) is 42.5 Å². The van der Waals surface area contributed by atoms with E-state index in [2.05, 4.69) is 36.9 Å². The number of nitrogens with zero attached hydrogens (tertiary/aromatic N) is 2. The van der Waals surface area contributed by atoms with Gasteiger partial charge in [-0.1, -0.05) is 29.8 Å². The summed E-state index contributed by atoms with van der Waals surface area (Å²) in [6, 6.07) is 24.3. The molecule has 3 amide bonds. The number of benzene rings is 4. The summed E-state index contributed by atoms with van der Waals surface area (Å²) in [5, 5.41) is 26.6. The standard InChI is InChI=1S/C28H24ClN7O4/c29-20-5-11-26(37)19(15-20)16-40-28(39)35-32-22-8-6-21(7-9-22)30-27(38)31-23-3-1-2-17(13-23)12-18-4-10-24-25(14-18)34-36-33-24/h1-11,13-15,32,37H,12,16H2,(H,35,39)(H2,30,31,38)(H,33,34,36). The summed E-state index contributed by atoms with van der Waals surface area (Å²) in [5.41, 5.74) is 11.0. The van der Waals surface area contributed by atoms with Crippen LogP contribution in [0, 0.1) is 0 Å². The van der Waals surface area contributed by atoms with Gasteiger partial charge in [0.15, 0.2) is 0 Å². The second-order valence-electron chi connectivity index (χ2n) is 8.78. The van der Waals surface area contributed by atoms with Crippen molar-refractivity contribution < 1.29 is 19.4 Å². The Morgan fingerprint density at radius 3 is 2.42 bits per heavy atom. The average Bonchev–Trinajstić information content (AvgIpc) is 3.41. The first-order valence-electron chi connectivity index (χ1n) is 12.1. The molecule has 0 aliphatic carbocycles. The number of anilines is 3. The minimum absolute atomic E-state index is 0.0219. The van der Waals surface area contributed by atoms with Gasteiger partial charge in [-0.2, -0.15) is 15.4 Å². The van der Waals surface area contributed by atoms with Crippen LogP contribution in [0.1, 0.15) is 16.7 Å². The van der Waals surface area contributed by atoms with Gasteiger partial charge in [0.25, 0.3) is 0 Å². The molecule has 202 valence electrons. The van der Waals surface area contributed by atoms with Crippen LogP contribution >= 0.6 is 11.6 Å². The largest absolute Gasteiger partial charge is 0.508 e. The summed E-state index contributed by atoms with van der Waals surface area (Å²) >= 11 is 5.89. The Balaban J connectivity index is 1.08. The van der Waals surface area contributed by atoms with E-state index in [4.69, 9.17) is 16.3 Å². The molecule has 0 aliphatic heterocycles. The third-order valence-corrected chi connectivity index (χ3v) is 6.06. The lowest BCUT2D eigenvalue weighted by molar-refractivity contribution is 0.141. The summed E-state index contributed by atoms with van der Waals surface area (Å²) in [7, 11) is 0. The number of phenolic OH excluding ortho intramolecular Hbond substituents is 1. The first kappa shape index (κ1) is 26.3. The lowest BCUT2D eigenvalue weighted by Crippen LogP contribution is -2.29. The van der Waals surface area contributed by atoms with Crippen LogP contribution in [0.2, 0.25) is 5.02 Å². The Labute approximate surface area is 233 Å². The van der Waals surface area contributed by atoms with E-state index >= 15 is 0 Å². The van der Waals surface area contributed by atoms with Crippen molar-refractivity contribution in [2.24, 2.45) is 0 Å². The van der Waals surface area contributed by atoms with Crippen molar-refractivity contribution >= 4 is 51.8 Å². The van der Waals surface area contributed by atoms with Crippen molar-refractivity contribution in [3.63, 3.8) is 0 Å². The van der Waals surface area contributed by atoms with E-state index in [1.165, 1.54) is 18.2 Å². The smallest absolute Gasteiger partial charge is 0.426 e. The Bertz CT molecular complexity index is 1660. The molecule has 12 heteroatoms. The molecular formula is C28H24ClN7O4. The van der Waals surface area contributed by atoms with E-state index in [-0.39, 0.29) is 12.4 Å². The highest BCUT2D eigenvalue weighted by Gasteiger charge is 2.08. The first-order valence-corrected chi connectivity index (χ1v) is 12.5. The Hall–Kier alpha value is -5.29. The number of aromatic nitrogens is 3. The number of H-pyrrole nitrogens is 1. The van der Waals surface area contributed by atoms with E-state index < -0.39 is 12.1 Å². The van der Waals surface area contributed by atoms with Gasteiger partial charge in [0.1, 0.15) is 23.4 Å². The number of phenols is 1. The molecule has 1 heterocycles. The zero-order chi connectivity index (χ0) is 27.9. The fraction of sp³-hybridized carbons (Fsp3) is 0.0714. The number of hydrogen-bond donors (Lipinski definition) is 6. The second-order valence-corrected chi connectivity index (χ2v) is 9.22. The Morgan fingerprint density at radius 2 is 1.57 bits per heavy atom. The molecule has 5 aromatic rings. The lowest BCUT2D eigenvalue weighted by Gasteiger charge is -2.12. The van der Waals surface area contributed by atoms with Crippen molar-refractivity contribution in [3.8, 4) is 5.75 Å². The molecule has 5 rings (SSSR count). The Morgan fingerprint density at radius 1 is 0.825 bits per heavy atom. The SMILES string of the molecule is O=C(Nc1ccc(NNC(=O)OCc2cc(Cl)ccc2O)cc1)Nc1cccc(Cc2ccc3n[nH]nc3c2)c1. The number of halogens is 1. The van der Waals surface area contributed by atoms with Gasteiger partial charge in [-0.05, 0) is 84.3 Å². The number of carbonyl (C=O) groups is 2. The summed E-state index contributed by atoms with van der Waals surface area (Å²) in [5.74, 6) is -0.0219. The fourth-order valence-corrected chi connectivity index (χ4v) is 4.09. The number of aromatic hydroxyl groups is 1. The van der Waals surface area contributed by atoms with Crippen LogP contribution in [-0.2, 0) is 17.8 Å². The molecule has 0 saturated heterocycles. The second kappa shape index (κ2) is 12.0. The molecule has 0 atom stereocenters. The highest BCUT2D eigenvalue weighted by Crippen LogP contribution is 2.22. The van der Waals surface area contributed by atoms with Gasteiger partial charge in [0.2, 0.25) is 0 Å². The van der Waals surface area contributed by atoms with E-state index in [1.54, 1.807) is 24.3 Å².